The molecule has 1 saturated heterocycles. The molecule has 1 aromatic carbocycles. The first-order chi connectivity index (χ1) is 9.20. The van der Waals surface area contributed by atoms with Gasteiger partial charge in [0.2, 0.25) is 0 Å². The van der Waals surface area contributed by atoms with Crippen molar-refractivity contribution in [1.29, 1.82) is 0 Å². The van der Waals surface area contributed by atoms with E-state index in [0.29, 0.717) is 24.7 Å². The van der Waals surface area contributed by atoms with E-state index in [9.17, 15) is 4.79 Å². The summed E-state index contributed by atoms with van der Waals surface area (Å²) in [7, 11) is 0. The number of rotatable bonds is 6. The average molecular weight is 285 g/mol. The Morgan fingerprint density at radius 1 is 1.58 bits per heavy atom. The standard InChI is InChI=1S/C13H17ClN2O3/c1-2-15-7-10-11(14)4-3-5-12(10)18-8-9-6-16-13(17)19-9/h3-5,9,15H,2,6-8H2,1H3,(H,16,17). The van der Waals surface area contributed by atoms with Crippen LogP contribution in [0.15, 0.2) is 18.2 Å². The van der Waals surface area contributed by atoms with Crippen molar-refractivity contribution in [2.75, 3.05) is 19.7 Å². The second-order valence-electron chi connectivity index (χ2n) is 4.22. The first kappa shape index (κ1) is 14.0. The summed E-state index contributed by atoms with van der Waals surface area (Å²) in [4.78, 5) is 10.9. The predicted octanol–water partition coefficient (Wildman–Crippen LogP) is 1.94. The van der Waals surface area contributed by atoms with Gasteiger partial charge in [-0.05, 0) is 18.7 Å². The van der Waals surface area contributed by atoms with E-state index in [0.717, 1.165) is 17.9 Å². The highest BCUT2D eigenvalue weighted by molar-refractivity contribution is 6.31. The minimum Gasteiger partial charge on any atom is -0.489 e. The van der Waals surface area contributed by atoms with Gasteiger partial charge in [-0.2, -0.15) is 0 Å². The number of amides is 1. The van der Waals surface area contributed by atoms with Crippen LogP contribution >= 0.6 is 11.6 Å². The molecule has 0 bridgehead atoms. The fourth-order valence-corrected chi connectivity index (χ4v) is 2.04. The number of ether oxygens (including phenoxy) is 2. The van der Waals surface area contributed by atoms with Crippen molar-refractivity contribution in [3.8, 4) is 5.75 Å². The Labute approximate surface area is 117 Å². The maximum atomic E-state index is 10.9. The van der Waals surface area contributed by atoms with Crippen LogP contribution in [0.4, 0.5) is 4.79 Å². The van der Waals surface area contributed by atoms with Crippen LogP contribution in [0.2, 0.25) is 5.02 Å². The van der Waals surface area contributed by atoms with Crippen LogP contribution in [0.1, 0.15) is 12.5 Å². The van der Waals surface area contributed by atoms with Crippen molar-refractivity contribution in [3.63, 3.8) is 0 Å². The van der Waals surface area contributed by atoms with E-state index in [2.05, 4.69) is 10.6 Å². The maximum absolute atomic E-state index is 10.9. The van der Waals surface area contributed by atoms with E-state index in [1.165, 1.54) is 0 Å². The Morgan fingerprint density at radius 2 is 2.42 bits per heavy atom. The SMILES string of the molecule is CCNCc1c(Cl)cccc1OCC1CNC(=O)O1. The second kappa shape index (κ2) is 6.63. The highest BCUT2D eigenvalue weighted by Crippen LogP contribution is 2.26. The van der Waals surface area contributed by atoms with Crippen molar-refractivity contribution >= 4 is 17.7 Å². The van der Waals surface area contributed by atoms with Crippen LogP contribution in [0.25, 0.3) is 0 Å². The number of nitrogens with one attached hydrogen (secondary N) is 2. The van der Waals surface area contributed by atoms with Crippen LogP contribution in [-0.2, 0) is 11.3 Å². The van der Waals surface area contributed by atoms with E-state index < -0.39 is 6.09 Å². The summed E-state index contributed by atoms with van der Waals surface area (Å²) in [6.07, 6.45) is -0.647. The van der Waals surface area contributed by atoms with E-state index in [4.69, 9.17) is 21.1 Å². The fourth-order valence-electron chi connectivity index (χ4n) is 1.80. The fraction of sp³-hybridized carbons (Fsp3) is 0.462. The number of alkyl carbamates (subject to hydrolysis) is 1. The lowest BCUT2D eigenvalue weighted by Crippen LogP contribution is -2.22. The lowest BCUT2D eigenvalue weighted by molar-refractivity contribution is 0.104. The first-order valence-electron chi connectivity index (χ1n) is 6.26. The maximum Gasteiger partial charge on any atom is 0.407 e. The summed E-state index contributed by atoms with van der Waals surface area (Å²) in [5.74, 6) is 0.719. The van der Waals surface area contributed by atoms with Crippen molar-refractivity contribution in [1.82, 2.24) is 10.6 Å². The summed E-state index contributed by atoms with van der Waals surface area (Å²) < 4.78 is 10.7. The third kappa shape index (κ3) is 3.75. The molecule has 0 spiro atoms. The van der Waals surface area contributed by atoms with Crippen molar-refractivity contribution < 1.29 is 14.3 Å². The summed E-state index contributed by atoms with van der Waals surface area (Å²) in [5.41, 5.74) is 0.920. The van der Waals surface area contributed by atoms with Crippen LogP contribution < -0.4 is 15.4 Å². The molecule has 1 aliphatic rings. The van der Waals surface area contributed by atoms with Gasteiger partial charge in [0.25, 0.3) is 0 Å². The summed E-state index contributed by atoms with van der Waals surface area (Å²) in [6.45, 7) is 4.32. The molecule has 6 heteroatoms. The Balaban J connectivity index is 1.98. The molecule has 0 saturated carbocycles. The highest BCUT2D eigenvalue weighted by atomic mass is 35.5. The molecule has 5 nitrogen and oxygen atoms in total. The van der Waals surface area contributed by atoms with Gasteiger partial charge in [-0.1, -0.05) is 24.6 Å². The quantitative estimate of drug-likeness (QED) is 0.838. The largest absolute Gasteiger partial charge is 0.489 e. The zero-order valence-electron chi connectivity index (χ0n) is 10.7. The number of hydrogen-bond acceptors (Lipinski definition) is 4. The van der Waals surface area contributed by atoms with Crippen LogP contribution in [0.5, 0.6) is 5.75 Å². The van der Waals surface area contributed by atoms with Crippen molar-refractivity contribution in [3.05, 3.63) is 28.8 Å². The number of hydrogen-bond donors (Lipinski definition) is 2. The van der Waals surface area contributed by atoms with Gasteiger partial charge in [0.15, 0.2) is 6.10 Å². The molecule has 0 aliphatic carbocycles. The summed E-state index contributed by atoms with van der Waals surface area (Å²) in [5, 5.41) is 6.47. The third-order valence-corrected chi connectivity index (χ3v) is 3.15. The van der Waals surface area contributed by atoms with Gasteiger partial charge in [0, 0.05) is 17.1 Å². The van der Waals surface area contributed by atoms with Crippen molar-refractivity contribution in [2.45, 2.75) is 19.6 Å². The highest BCUT2D eigenvalue weighted by Gasteiger charge is 2.23. The molecule has 2 rings (SSSR count). The molecule has 1 amide bonds. The van der Waals surface area contributed by atoms with Gasteiger partial charge in [-0.15, -0.1) is 0 Å². The number of halogens is 1. The van der Waals surface area contributed by atoms with Crippen LogP contribution in [0, 0.1) is 0 Å². The Morgan fingerprint density at radius 3 is 3.11 bits per heavy atom. The molecule has 1 unspecified atom stereocenters. The Bertz CT molecular complexity index is 454. The molecule has 1 aliphatic heterocycles. The molecule has 2 N–H and O–H groups in total. The summed E-state index contributed by atoms with van der Waals surface area (Å²) >= 11 is 6.17. The zero-order chi connectivity index (χ0) is 13.7. The molecule has 1 fully saturated rings. The predicted molar refractivity (Wildman–Crippen MR) is 72.6 cm³/mol. The second-order valence-corrected chi connectivity index (χ2v) is 4.62. The Kier molecular flexibility index (Phi) is 4.87. The summed E-state index contributed by atoms with van der Waals surface area (Å²) in [6, 6.07) is 5.53. The molecule has 1 aromatic rings. The third-order valence-electron chi connectivity index (χ3n) is 2.80. The number of benzene rings is 1. The molecule has 1 heterocycles. The van der Waals surface area contributed by atoms with Gasteiger partial charge < -0.3 is 20.1 Å². The van der Waals surface area contributed by atoms with E-state index in [1.54, 1.807) is 0 Å². The number of cyclic esters (lactones) is 1. The number of carbonyl (C=O) groups is 1. The Hall–Kier alpha value is -1.46. The van der Waals surface area contributed by atoms with E-state index in [-0.39, 0.29) is 6.10 Å². The smallest absolute Gasteiger partial charge is 0.407 e. The molecular weight excluding hydrogens is 268 g/mol. The molecule has 1 atom stereocenters. The molecular formula is C13H17ClN2O3. The minimum absolute atomic E-state index is 0.251. The molecule has 19 heavy (non-hydrogen) atoms. The van der Waals surface area contributed by atoms with E-state index >= 15 is 0 Å². The van der Waals surface area contributed by atoms with Gasteiger partial charge in [0.05, 0.1) is 6.54 Å². The average Bonchev–Trinajstić information content (AvgIpc) is 2.81. The zero-order valence-corrected chi connectivity index (χ0v) is 11.5. The monoisotopic (exact) mass is 284 g/mol. The van der Waals surface area contributed by atoms with E-state index in [1.807, 2.05) is 25.1 Å². The molecule has 0 aromatic heterocycles. The van der Waals surface area contributed by atoms with Gasteiger partial charge in [-0.3, -0.25) is 0 Å². The van der Waals surface area contributed by atoms with Crippen LogP contribution in [0.3, 0.4) is 0 Å². The van der Waals surface area contributed by atoms with Gasteiger partial charge in [0.1, 0.15) is 12.4 Å². The lowest BCUT2D eigenvalue weighted by Gasteiger charge is -2.15. The van der Waals surface area contributed by atoms with Crippen molar-refractivity contribution in [2.24, 2.45) is 0 Å². The van der Waals surface area contributed by atoms with Gasteiger partial charge in [-0.25, -0.2) is 4.79 Å². The van der Waals surface area contributed by atoms with Gasteiger partial charge >= 0.3 is 6.09 Å². The lowest BCUT2D eigenvalue weighted by atomic mass is 10.2. The first-order valence-corrected chi connectivity index (χ1v) is 6.64. The molecule has 104 valence electrons. The van der Waals surface area contributed by atoms with Crippen LogP contribution in [-0.4, -0.2) is 31.9 Å². The topological polar surface area (TPSA) is 59.6 Å². The number of carbonyl (C=O) groups excluding carboxylic acids is 1. The minimum atomic E-state index is -0.396. The normalized spacial score (nSPS) is 18.0. The molecule has 0 radical (unpaired) electrons.